The number of aromatic nitrogens is 2. The molecule has 0 N–H and O–H groups in total. The Morgan fingerprint density at radius 3 is 2.49 bits per heavy atom. The molecule has 4 heterocycles. The second kappa shape index (κ2) is 12.3. The summed E-state index contributed by atoms with van der Waals surface area (Å²) < 4.78 is 16.5. The van der Waals surface area contributed by atoms with Crippen molar-refractivity contribution in [2.24, 2.45) is 11.8 Å². The number of fused-ring (bicyclic) bond motifs is 1. The number of rotatable bonds is 8. The van der Waals surface area contributed by atoms with Crippen molar-refractivity contribution in [2.75, 3.05) is 39.8 Å². The fourth-order valence-corrected chi connectivity index (χ4v) is 6.62. The maximum absolute atomic E-state index is 14.4. The summed E-state index contributed by atoms with van der Waals surface area (Å²) in [6.45, 7) is 12.8. The number of piperidine rings is 1. The van der Waals surface area contributed by atoms with Crippen LogP contribution in [0.1, 0.15) is 68.4 Å². The number of likely N-dealkylation sites (tertiary alicyclic amines) is 2. The average molecular weight is 562 g/mol. The summed E-state index contributed by atoms with van der Waals surface area (Å²) in [7, 11) is 1.76. The van der Waals surface area contributed by atoms with Crippen LogP contribution < -0.4 is 0 Å². The van der Waals surface area contributed by atoms with Crippen molar-refractivity contribution in [3.63, 3.8) is 0 Å². The number of hydrogen-bond donors (Lipinski definition) is 0. The summed E-state index contributed by atoms with van der Waals surface area (Å²) in [5, 5.41) is 1.21. The van der Waals surface area contributed by atoms with Gasteiger partial charge < -0.3 is 19.3 Å². The molecule has 2 aliphatic rings. The van der Waals surface area contributed by atoms with Gasteiger partial charge in [-0.15, -0.1) is 0 Å². The molecule has 7 nitrogen and oxygen atoms in total. The van der Waals surface area contributed by atoms with E-state index in [0.717, 1.165) is 70.3 Å². The molecule has 41 heavy (non-hydrogen) atoms. The van der Waals surface area contributed by atoms with Crippen molar-refractivity contribution < 1.29 is 14.0 Å². The summed E-state index contributed by atoms with van der Waals surface area (Å²) >= 11 is 0. The van der Waals surface area contributed by atoms with Crippen LogP contribution in [0.5, 0.6) is 0 Å². The highest BCUT2D eigenvalue weighted by Gasteiger charge is 2.29. The molecule has 1 aromatic carbocycles. The average Bonchev–Trinajstić information content (AvgIpc) is 3.56. The summed E-state index contributed by atoms with van der Waals surface area (Å²) in [5.41, 5.74) is 4.45. The van der Waals surface area contributed by atoms with E-state index in [9.17, 15) is 14.0 Å². The Kier molecular flexibility index (Phi) is 8.78. The Morgan fingerprint density at radius 2 is 1.80 bits per heavy atom. The lowest BCUT2D eigenvalue weighted by Gasteiger charge is -2.33. The van der Waals surface area contributed by atoms with Crippen LogP contribution in [0.15, 0.2) is 36.8 Å². The Bertz CT molecular complexity index is 1410. The first-order valence-corrected chi connectivity index (χ1v) is 15.2. The van der Waals surface area contributed by atoms with Crippen LogP contribution in [-0.4, -0.2) is 81.9 Å². The van der Waals surface area contributed by atoms with Gasteiger partial charge in [0.2, 0.25) is 5.91 Å². The molecule has 5 rings (SSSR count). The summed E-state index contributed by atoms with van der Waals surface area (Å²) in [5.74, 6) is 0.775. The van der Waals surface area contributed by atoms with E-state index in [2.05, 4.69) is 23.0 Å². The fraction of sp³-hybridized carbons (Fsp3) is 0.545. The van der Waals surface area contributed by atoms with E-state index in [4.69, 9.17) is 0 Å². The monoisotopic (exact) mass is 561 g/mol. The number of halogens is 1. The molecule has 8 heteroatoms. The van der Waals surface area contributed by atoms with Gasteiger partial charge in [0.25, 0.3) is 5.91 Å². The maximum Gasteiger partial charge on any atom is 0.256 e. The summed E-state index contributed by atoms with van der Waals surface area (Å²) in [4.78, 5) is 35.9. The van der Waals surface area contributed by atoms with Gasteiger partial charge in [0.05, 0.1) is 23.0 Å². The maximum atomic E-state index is 14.4. The van der Waals surface area contributed by atoms with Gasteiger partial charge in [-0.2, -0.15) is 0 Å². The lowest BCUT2D eigenvalue weighted by molar-refractivity contribution is -0.130. The largest absolute Gasteiger partial charge is 0.343 e. The zero-order valence-corrected chi connectivity index (χ0v) is 25.2. The van der Waals surface area contributed by atoms with Crippen molar-refractivity contribution in [1.29, 1.82) is 0 Å². The highest BCUT2D eigenvalue weighted by molar-refractivity contribution is 5.99. The van der Waals surface area contributed by atoms with E-state index >= 15 is 0 Å². The SMILES string of the molecule is CCc1cncc2c1c(C[C@@H]1CCN(CC3CCN(C(C)=O)CC3)C1)cn2-c1ccc(F)cc1C(=O)N(C)C(C)C. The standard InChI is InChI=1S/C33H44FN5O2/c1-6-26-17-35-18-31-32(26)27(15-25-9-12-37(20-25)19-24-10-13-38(14-11-24)23(4)40)21-39(31)30-8-7-28(34)16-29(30)33(41)36(5)22(2)3/h7-8,16-18,21-22,24-25H,6,9-15,19-20H2,1-5H3/t25-/m0/s1. The van der Waals surface area contributed by atoms with E-state index in [1.165, 1.54) is 28.6 Å². The third-order valence-electron chi connectivity index (χ3n) is 9.25. The second-order valence-electron chi connectivity index (χ2n) is 12.3. The molecule has 1 atom stereocenters. The molecular weight excluding hydrogens is 517 g/mol. The van der Waals surface area contributed by atoms with Crippen LogP contribution >= 0.6 is 0 Å². The molecule has 2 saturated heterocycles. The molecule has 0 spiro atoms. The van der Waals surface area contributed by atoms with Gasteiger partial charge in [-0.3, -0.25) is 14.6 Å². The molecule has 0 radical (unpaired) electrons. The fourth-order valence-electron chi connectivity index (χ4n) is 6.62. The summed E-state index contributed by atoms with van der Waals surface area (Å²) in [6, 6.07) is 4.50. The molecule has 0 bridgehead atoms. The molecule has 0 unspecified atom stereocenters. The molecule has 0 saturated carbocycles. The van der Waals surface area contributed by atoms with E-state index in [0.29, 0.717) is 23.1 Å². The highest BCUT2D eigenvalue weighted by atomic mass is 19.1. The minimum absolute atomic E-state index is 0.00376. The topological polar surface area (TPSA) is 61.7 Å². The van der Waals surface area contributed by atoms with Crippen molar-refractivity contribution in [3.8, 4) is 5.69 Å². The van der Waals surface area contributed by atoms with Gasteiger partial charge in [-0.1, -0.05) is 6.92 Å². The van der Waals surface area contributed by atoms with E-state index in [-0.39, 0.29) is 17.9 Å². The third-order valence-corrected chi connectivity index (χ3v) is 9.25. The van der Waals surface area contributed by atoms with Gasteiger partial charge in [-0.05, 0) is 93.7 Å². The molecule has 2 fully saturated rings. The van der Waals surface area contributed by atoms with Crippen molar-refractivity contribution in [2.45, 2.75) is 65.8 Å². The number of amides is 2. The third kappa shape index (κ3) is 6.17. The van der Waals surface area contributed by atoms with Crippen LogP contribution in [0.4, 0.5) is 4.39 Å². The number of carbonyl (C=O) groups excluding carboxylic acids is 2. The van der Waals surface area contributed by atoms with Gasteiger partial charge in [0.15, 0.2) is 0 Å². The van der Waals surface area contributed by atoms with Crippen LogP contribution in [0, 0.1) is 17.7 Å². The number of benzene rings is 1. The molecule has 0 aliphatic carbocycles. The Morgan fingerprint density at radius 1 is 1.07 bits per heavy atom. The first-order valence-electron chi connectivity index (χ1n) is 15.2. The number of pyridine rings is 1. The highest BCUT2D eigenvalue weighted by Crippen LogP contribution is 2.33. The number of hydrogen-bond acceptors (Lipinski definition) is 4. The van der Waals surface area contributed by atoms with E-state index in [1.807, 2.05) is 35.7 Å². The van der Waals surface area contributed by atoms with Crippen LogP contribution in [-0.2, 0) is 17.6 Å². The van der Waals surface area contributed by atoms with Gasteiger partial charge >= 0.3 is 0 Å². The van der Waals surface area contributed by atoms with Crippen molar-refractivity contribution in [1.82, 2.24) is 24.3 Å². The van der Waals surface area contributed by atoms with Gasteiger partial charge in [0.1, 0.15) is 5.82 Å². The lowest BCUT2D eigenvalue weighted by Crippen LogP contribution is -2.40. The van der Waals surface area contributed by atoms with Gasteiger partial charge in [-0.25, -0.2) is 4.39 Å². The zero-order valence-electron chi connectivity index (χ0n) is 25.2. The summed E-state index contributed by atoms with van der Waals surface area (Å²) in [6.07, 6.45) is 11.1. The Labute approximate surface area is 243 Å². The quantitative estimate of drug-likeness (QED) is 0.373. The van der Waals surface area contributed by atoms with Crippen LogP contribution in [0.2, 0.25) is 0 Å². The second-order valence-corrected chi connectivity index (χ2v) is 12.3. The first-order chi connectivity index (χ1) is 19.7. The predicted molar refractivity (Wildman–Crippen MR) is 161 cm³/mol. The molecule has 2 amide bonds. The lowest BCUT2D eigenvalue weighted by atomic mass is 9.95. The van der Waals surface area contributed by atoms with Crippen molar-refractivity contribution >= 4 is 22.7 Å². The molecule has 2 aromatic heterocycles. The predicted octanol–water partition coefficient (Wildman–Crippen LogP) is 5.33. The number of aryl methyl sites for hydroxylation is 1. The first kappa shape index (κ1) is 29.2. The van der Waals surface area contributed by atoms with Crippen LogP contribution in [0.3, 0.4) is 0 Å². The van der Waals surface area contributed by atoms with Crippen molar-refractivity contribution in [3.05, 3.63) is 59.3 Å². The van der Waals surface area contributed by atoms with Crippen LogP contribution in [0.25, 0.3) is 16.6 Å². The molecule has 220 valence electrons. The minimum atomic E-state index is -0.420. The normalized spacial score (nSPS) is 18.5. The van der Waals surface area contributed by atoms with E-state index < -0.39 is 5.82 Å². The molecule has 2 aliphatic heterocycles. The zero-order chi connectivity index (χ0) is 29.3. The Hall–Kier alpha value is -3.26. The number of nitrogens with zero attached hydrogens (tertiary/aromatic N) is 5. The minimum Gasteiger partial charge on any atom is -0.343 e. The smallest absolute Gasteiger partial charge is 0.256 e. The van der Waals surface area contributed by atoms with E-state index in [1.54, 1.807) is 24.9 Å². The molecule has 3 aromatic rings. The molecular formula is C33H44FN5O2. The van der Waals surface area contributed by atoms with Gasteiger partial charge in [0, 0.05) is 64.0 Å². The Balaban J connectivity index is 1.40. The number of carbonyl (C=O) groups is 2.